The standard InChI is InChI=1S/C10H10N4O/c15-10-9(13-5-3-11-7-13)12-4-6-14(10)8-1-2-8/h3-8H,1-2H2. The lowest BCUT2D eigenvalue weighted by Crippen LogP contribution is -2.24. The molecule has 5 nitrogen and oxygen atoms in total. The predicted molar refractivity (Wildman–Crippen MR) is 53.9 cm³/mol. The molecule has 15 heavy (non-hydrogen) atoms. The lowest BCUT2D eigenvalue weighted by Gasteiger charge is -2.05. The monoisotopic (exact) mass is 202 g/mol. The minimum absolute atomic E-state index is 0.0435. The van der Waals surface area contributed by atoms with Crippen molar-refractivity contribution in [3.63, 3.8) is 0 Å². The highest BCUT2D eigenvalue weighted by Gasteiger charge is 2.25. The van der Waals surface area contributed by atoms with Gasteiger partial charge in [-0.1, -0.05) is 0 Å². The first-order valence-electron chi connectivity index (χ1n) is 4.92. The van der Waals surface area contributed by atoms with Gasteiger partial charge >= 0.3 is 0 Å². The first kappa shape index (κ1) is 8.40. The van der Waals surface area contributed by atoms with E-state index in [2.05, 4.69) is 9.97 Å². The van der Waals surface area contributed by atoms with Gasteiger partial charge in [0.05, 0.1) is 0 Å². The Morgan fingerprint density at radius 3 is 2.80 bits per heavy atom. The third-order valence-electron chi connectivity index (χ3n) is 2.54. The fraction of sp³-hybridized carbons (Fsp3) is 0.300. The third kappa shape index (κ3) is 1.36. The maximum absolute atomic E-state index is 12.0. The molecule has 1 saturated carbocycles. The molecule has 3 rings (SSSR count). The Balaban J connectivity index is 2.16. The van der Waals surface area contributed by atoms with Gasteiger partial charge in [0.15, 0.2) is 0 Å². The Hall–Kier alpha value is -1.91. The zero-order valence-electron chi connectivity index (χ0n) is 8.08. The molecule has 0 saturated heterocycles. The number of nitrogens with zero attached hydrogens (tertiary/aromatic N) is 4. The van der Waals surface area contributed by atoms with Crippen LogP contribution in [-0.4, -0.2) is 19.1 Å². The Kier molecular flexibility index (Phi) is 1.71. The molecule has 2 aromatic heterocycles. The van der Waals surface area contributed by atoms with Gasteiger partial charge in [0, 0.05) is 30.8 Å². The van der Waals surface area contributed by atoms with Crippen LogP contribution in [0.3, 0.4) is 0 Å². The van der Waals surface area contributed by atoms with Gasteiger partial charge < -0.3 is 4.57 Å². The first-order valence-corrected chi connectivity index (χ1v) is 4.92. The van der Waals surface area contributed by atoms with Crippen molar-refractivity contribution in [2.75, 3.05) is 0 Å². The number of imidazole rings is 1. The highest BCUT2D eigenvalue weighted by atomic mass is 16.1. The number of hydrogen-bond donors (Lipinski definition) is 0. The summed E-state index contributed by atoms with van der Waals surface area (Å²) in [5.74, 6) is 0.418. The van der Waals surface area contributed by atoms with Crippen LogP contribution >= 0.6 is 0 Å². The molecule has 1 aliphatic rings. The second kappa shape index (κ2) is 3.05. The van der Waals surface area contributed by atoms with Crippen molar-refractivity contribution in [3.05, 3.63) is 41.5 Å². The van der Waals surface area contributed by atoms with Gasteiger partial charge in [-0.05, 0) is 12.8 Å². The normalized spacial score (nSPS) is 15.5. The van der Waals surface area contributed by atoms with Crippen molar-refractivity contribution in [1.29, 1.82) is 0 Å². The number of rotatable bonds is 2. The summed E-state index contributed by atoms with van der Waals surface area (Å²) in [4.78, 5) is 20.0. The Bertz CT molecular complexity index is 525. The summed E-state index contributed by atoms with van der Waals surface area (Å²) in [6, 6.07) is 0.378. The van der Waals surface area contributed by atoms with Crippen LogP contribution in [0.4, 0.5) is 0 Å². The van der Waals surface area contributed by atoms with E-state index < -0.39 is 0 Å². The topological polar surface area (TPSA) is 52.7 Å². The van der Waals surface area contributed by atoms with Gasteiger partial charge in [-0.3, -0.25) is 9.36 Å². The Morgan fingerprint density at radius 1 is 1.27 bits per heavy atom. The average Bonchev–Trinajstić information content (AvgIpc) is 2.94. The van der Waals surface area contributed by atoms with Crippen molar-refractivity contribution in [2.45, 2.75) is 18.9 Å². The zero-order valence-corrected chi connectivity index (χ0v) is 8.08. The second-order valence-electron chi connectivity index (χ2n) is 3.66. The molecule has 0 amide bonds. The summed E-state index contributed by atoms with van der Waals surface area (Å²) in [7, 11) is 0. The van der Waals surface area contributed by atoms with E-state index >= 15 is 0 Å². The van der Waals surface area contributed by atoms with Crippen molar-refractivity contribution in [3.8, 4) is 5.82 Å². The molecule has 1 fully saturated rings. The smallest absolute Gasteiger partial charge is 0.294 e. The lowest BCUT2D eigenvalue weighted by molar-refractivity contribution is 0.688. The highest BCUT2D eigenvalue weighted by Crippen LogP contribution is 2.33. The second-order valence-corrected chi connectivity index (χ2v) is 3.66. The van der Waals surface area contributed by atoms with Crippen molar-refractivity contribution < 1.29 is 0 Å². The summed E-state index contributed by atoms with van der Waals surface area (Å²) >= 11 is 0. The summed E-state index contributed by atoms with van der Waals surface area (Å²) < 4.78 is 3.39. The summed E-state index contributed by atoms with van der Waals surface area (Å²) in [6.45, 7) is 0. The zero-order chi connectivity index (χ0) is 10.3. The van der Waals surface area contributed by atoms with Crippen LogP contribution < -0.4 is 5.56 Å². The summed E-state index contributed by atoms with van der Waals surface area (Å²) in [5, 5.41) is 0. The van der Waals surface area contributed by atoms with E-state index in [0.29, 0.717) is 11.9 Å². The van der Waals surface area contributed by atoms with E-state index in [4.69, 9.17) is 0 Å². The van der Waals surface area contributed by atoms with Gasteiger partial charge in [-0.15, -0.1) is 0 Å². The van der Waals surface area contributed by atoms with E-state index in [-0.39, 0.29) is 5.56 Å². The molecule has 0 N–H and O–H groups in total. The molecule has 0 spiro atoms. The third-order valence-corrected chi connectivity index (χ3v) is 2.54. The van der Waals surface area contributed by atoms with E-state index in [1.807, 2.05) is 0 Å². The minimum Gasteiger partial charge on any atom is -0.308 e. The van der Waals surface area contributed by atoms with Crippen LogP contribution in [0.15, 0.2) is 35.9 Å². The molecular weight excluding hydrogens is 192 g/mol. The van der Waals surface area contributed by atoms with Crippen LogP contribution in [0.25, 0.3) is 5.82 Å². The van der Waals surface area contributed by atoms with Crippen LogP contribution in [0.5, 0.6) is 0 Å². The molecule has 0 unspecified atom stereocenters. The van der Waals surface area contributed by atoms with E-state index in [1.165, 1.54) is 0 Å². The molecule has 5 heteroatoms. The largest absolute Gasteiger partial charge is 0.308 e. The van der Waals surface area contributed by atoms with Gasteiger partial charge in [-0.2, -0.15) is 0 Å². The van der Waals surface area contributed by atoms with Crippen molar-refractivity contribution in [1.82, 2.24) is 19.1 Å². The lowest BCUT2D eigenvalue weighted by atomic mass is 10.5. The van der Waals surface area contributed by atoms with Gasteiger partial charge in [0.1, 0.15) is 6.33 Å². The van der Waals surface area contributed by atoms with E-state index in [1.54, 1.807) is 40.2 Å². The van der Waals surface area contributed by atoms with Gasteiger partial charge in [0.2, 0.25) is 5.82 Å². The molecule has 0 atom stereocenters. The van der Waals surface area contributed by atoms with Crippen molar-refractivity contribution in [2.24, 2.45) is 0 Å². The molecule has 1 aliphatic carbocycles. The minimum atomic E-state index is -0.0435. The SMILES string of the molecule is O=c1c(-n2ccnc2)nccn1C1CC1. The molecule has 0 bridgehead atoms. The van der Waals surface area contributed by atoms with E-state index in [9.17, 15) is 4.79 Å². The predicted octanol–water partition coefficient (Wildman–Crippen LogP) is 0.764. The molecule has 0 radical (unpaired) electrons. The van der Waals surface area contributed by atoms with Crippen molar-refractivity contribution >= 4 is 0 Å². The van der Waals surface area contributed by atoms with Crippen LogP contribution in [0, 0.1) is 0 Å². The van der Waals surface area contributed by atoms with Gasteiger partial charge in [-0.25, -0.2) is 9.97 Å². The fourth-order valence-electron chi connectivity index (χ4n) is 1.62. The molecular formula is C10H10N4O. The molecule has 0 aliphatic heterocycles. The average molecular weight is 202 g/mol. The molecule has 2 aromatic rings. The maximum atomic E-state index is 12.0. The fourth-order valence-corrected chi connectivity index (χ4v) is 1.62. The summed E-state index contributed by atoms with van der Waals surface area (Å²) in [5.41, 5.74) is -0.0435. The quantitative estimate of drug-likeness (QED) is 0.722. The summed E-state index contributed by atoms with van der Waals surface area (Å²) in [6.07, 6.45) is 10.5. The van der Waals surface area contributed by atoms with Crippen LogP contribution in [-0.2, 0) is 0 Å². The molecule has 0 aromatic carbocycles. The van der Waals surface area contributed by atoms with Crippen LogP contribution in [0.2, 0.25) is 0 Å². The van der Waals surface area contributed by atoms with Gasteiger partial charge in [0.25, 0.3) is 5.56 Å². The van der Waals surface area contributed by atoms with E-state index in [0.717, 1.165) is 12.8 Å². The first-order chi connectivity index (χ1) is 7.36. The number of aromatic nitrogens is 4. The molecule has 76 valence electrons. The Labute approximate surface area is 86.0 Å². The highest BCUT2D eigenvalue weighted by molar-refractivity contribution is 5.18. The Morgan fingerprint density at radius 2 is 2.13 bits per heavy atom. The number of hydrogen-bond acceptors (Lipinski definition) is 3. The molecule has 2 heterocycles. The maximum Gasteiger partial charge on any atom is 0.294 e. The van der Waals surface area contributed by atoms with Crippen LogP contribution in [0.1, 0.15) is 18.9 Å².